The lowest BCUT2D eigenvalue weighted by molar-refractivity contribution is -0.314. The molecular formula is C12H17O3-. The third-order valence-corrected chi connectivity index (χ3v) is 4.98. The van der Waals surface area contributed by atoms with Gasteiger partial charge in [-0.2, -0.15) is 0 Å². The molecule has 3 heteroatoms. The normalized spacial score (nSPS) is 52.1. The van der Waals surface area contributed by atoms with Crippen LogP contribution in [0.3, 0.4) is 0 Å². The lowest BCUT2D eigenvalue weighted by atomic mass is 9.49. The summed E-state index contributed by atoms with van der Waals surface area (Å²) in [5.74, 6) is 0.882. The fourth-order valence-electron chi connectivity index (χ4n) is 4.52. The van der Waals surface area contributed by atoms with E-state index in [1.165, 1.54) is 6.42 Å². The summed E-state index contributed by atoms with van der Waals surface area (Å²) >= 11 is 0. The highest BCUT2D eigenvalue weighted by atomic mass is 16.4. The molecule has 3 nitrogen and oxygen atoms in total. The monoisotopic (exact) mass is 209 g/mol. The van der Waals surface area contributed by atoms with E-state index in [2.05, 4.69) is 0 Å². The molecule has 0 aromatic carbocycles. The van der Waals surface area contributed by atoms with Gasteiger partial charge in [0.05, 0.1) is 5.60 Å². The van der Waals surface area contributed by atoms with Gasteiger partial charge in [0.2, 0.25) is 0 Å². The van der Waals surface area contributed by atoms with Crippen molar-refractivity contribution < 1.29 is 15.0 Å². The molecule has 0 amide bonds. The second-order valence-electron chi connectivity index (χ2n) is 5.84. The summed E-state index contributed by atoms with van der Waals surface area (Å²) in [6.45, 7) is 0. The Morgan fingerprint density at radius 3 is 2.00 bits per heavy atom. The predicted molar refractivity (Wildman–Crippen MR) is 51.6 cm³/mol. The van der Waals surface area contributed by atoms with E-state index in [9.17, 15) is 15.0 Å². The van der Waals surface area contributed by atoms with Crippen LogP contribution < -0.4 is 5.11 Å². The zero-order valence-corrected chi connectivity index (χ0v) is 8.82. The number of carbonyl (C=O) groups is 1. The quantitative estimate of drug-likeness (QED) is 0.712. The van der Waals surface area contributed by atoms with Gasteiger partial charge in [-0.3, -0.25) is 0 Å². The van der Waals surface area contributed by atoms with Crippen molar-refractivity contribution in [1.82, 2.24) is 0 Å². The highest BCUT2D eigenvalue weighted by molar-refractivity contribution is 5.66. The Balaban J connectivity index is 1.87. The molecule has 4 fully saturated rings. The summed E-state index contributed by atoms with van der Waals surface area (Å²) in [7, 11) is 0. The molecule has 0 atom stereocenters. The molecule has 0 heterocycles. The molecule has 0 aromatic rings. The summed E-state index contributed by atoms with van der Waals surface area (Å²) in [4.78, 5) is 10.7. The van der Waals surface area contributed by atoms with Crippen molar-refractivity contribution in [2.45, 2.75) is 44.1 Å². The third-order valence-electron chi connectivity index (χ3n) is 4.98. The summed E-state index contributed by atoms with van der Waals surface area (Å²) < 4.78 is 0. The standard InChI is InChI=1S/C12H18O3/c13-11(14)6-12(15)9-2-7-1-8(4-9)5-10(12)3-7/h7-10,15H,1-6H2,(H,13,14)/p-1. The zero-order chi connectivity index (χ0) is 10.6. The minimum Gasteiger partial charge on any atom is -0.550 e. The molecule has 4 saturated carbocycles. The first-order valence-electron chi connectivity index (χ1n) is 6.00. The minimum absolute atomic E-state index is 0.151. The number of hydrogen-bond donors (Lipinski definition) is 1. The second-order valence-corrected chi connectivity index (χ2v) is 5.84. The molecule has 4 aliphatic rings. The Hall–Kier alpha value is -0.570. The van der Waals surface area contributed by atoms with Crippen LogP contribution in [0.5, 0.6) is 0 Å². The van der Waals surface area contributed by atoms with Gasteiger partial charge in [-0.15, -0.1) is 0 Å². The first kappa shape index (κ1) is 9.64. The lowest BCUT2D eigenvalue weighted by Crippen LogP contribution is -2.59. The zero-order valence-electron chi connectivity index (χ0n) is 8.82. The smallest absolute Gasteiger partial charge is 0.0756 e. The highest BCUT2D eigenvalue weighted by Crippen LogP contribution is 2.59. The maximum Gasteiger partial charge on any atom is 0.0756 e. The number of aliphatic hydroxyl groups is 1. The van der Waals surface area contributed by atoms with Gasteiger partial charge in [0, 0.05) is 12.4 Å². The van der Waals surface area contributed by atoms with E-state index in [4.69, 9.17) is 0 Å². The summed E-state index contributed by atoms with van der Waals surface area (Å²) in [5, 5.41) is 21.3. The molecule has 1 N–H and O–H groups in total. The Morgan fingerprint density at radius 1 is 1.13 bits per heavy atom. The van der Waals surface area contributed by atoms with Crippen LogP contribution in [-0.4, -0.2) is 16.7 Å². The number of rotatable bonds is 2. The summed E-state index contributed by atoms with van der Waals surface area (Å²) in [6.07, 6.45) is 5.32. The van der Waals surface area contributed by atoms with Crippen LogP contribution in [-0.2, 0) is 4.79 Å². The van der Waals surface area contributed by atoms with E-state index in [-0.39, 0.29) is 18.3 Å². The van der Waals surface area contributed by atoms with Gasteiger partial charge in [-0.1, -0.05) is 0 Å². The van der Waals surface area contributed by atoms with Crippen molar-refractivity contribution in [3.63, 3.8) is 0 Å². The first-order valence-corrected chi connectivity index (χ1v) is 6.00. The molecule has 0 saturated heterocycles. The number of carboxylic acids is 1. The molecule has 0 radical (unpaired) electrons. The first-order chi connectivity index (χ1) is 7.08. The van der Waals surface area contributed by atoms with E-state index < -0.39 is 11.6 Å². The maximum atomic E-state index is 10.7. The van der Waals surface area contributed by atoms with Crippen LogP contribution in [0.1, 0.15) is 38.5 Å². The van der Waals surface area contributed by atoms with Gasteiger partial charge in [-0.05, 0) is 55.8 Å². The van der Waals surface area contributed by atoms with Gasteiger partial charge in [0.25, 0.3) is 0 Å². The average Bonchev–Trinajstić information content (AvgIpc) is 2.12. The molecule has 15 heavy (non-hydrogen) atoms. The highest BCUT2D eigenvalue weighted by Gasteiger charge is 2.56. The van der Waals surface area contributed by atoms with E-state index in [0.29, 0.717) is 0 Å². The number of carbonyl (C=O) groups excluding carboxylic acids is 1. The molecule has 4 bridgehead atoms. The SMILES string of the molecule is O=C([O-])CC1(O)C2CC3CC(C2)CC1C3. The van der Waals surface area contributed by atoms with Crippen molar-refractivity contribution in [3.8, 4) is 0 Å². The largest absolute Gasteiger partial charge is 0.550 e. The summed E-state index contributed by atoms with van der Waals surface area (Å²) in [5.41, 5.74) is -0.938. The van der Waals surface area contributed by atoms with E-state index >= 15 is 0 Å². The fraction of sp³-hybridized carbons (Fsp3) is 0.917. The lowest BCUT2D eigenvalue weighted by Gasteiger charge is -2.59. The molecule has 0 spiro atoms. The Kier molecular flexibility index (Phi) is 1.91. The Morgan fingerprint density at radius 2 is 1.60 bits per heavy atom. The van der Waals surface area contributed by atoms with Crippen molar-refractivity contribution in [2.75, 3.05) is 0 Å². The van der Waals surface area contributed by atoms with Gasteiger partial charge >= 0.3 is 0 Å². The molecule has 4 rings (SSSR count). The van der Waals surface area contributed by atoms with Crippen LogP contribution in [0.15, 0.2) is 0 Å². The van der Waals surface area contributed by atoms with Gasteiger partial charge in [-0.25, -0.2) is 0 Å². The van der Waals surface area contributed by atoms with Gasteiger partial charge < -0.3 is 15.0 Å². The molecular weight excluding hydrogens is 192 g/mol. The van der Waals surface area contributed by atoms with E-state index in [1.54, 1.807) is 0 Å². The maximum absolute atomic E-state index is 10.7. The van der Waals surface area contributed by atoms with Crippen LogP contribution in [0, 0.1) is 23.7 Å². The Bertz CT molecular complexity index is 269. The number of aliphatic carboxylic acids is 1. The van der Waals surface area contributed by atoms with E-state index in [0.717, 1.165) is 37.5 Å². The van der Waals surface area contributed by atoms with Crippen LogP contribution in [0.25, 0.3) is 0 Å². The molecule has 0 aliphatic heterocycles. The van der Waals surface area contributed by atoms with Crippen molar-refractivity contribution in [2.24, 2.45) is 23.7 Å². The average molecular weight is 209 g/mol. The number of hydrogen-bond acceptors (Lipinski definition) is 3. The van der Waals surface area contributed by atoms with Crippen molar-refractivity contribution in [1.29, 1.82) is 0 Å². The van der Waals surface area contributed by atoms with Crippen LogP contribution in [0.2, 0.25) is 0 Å². The predicted octanol–water partition coefficient (Wildman–Crippen LogP) is 0.314. The molecule has 0 unspecified atom stereocenters. The number of carboxylic acid groups (broad SMARTS) is 1. The van der Waals surface area contributed by atoms with Gasteiger partial charge in [0.15, 0.2) is 0 Å². The second kappa shape index (κ2) is 2.97. The Labute approximate surface area is 89.5 Å². The molecule has 0 aromatic heterocycles. The third kappa shape index (κ3) is 1.32. The molecule has 4 aliphatic carbocycles. The van der Waals surface area contributed by atoms with E-state index in [1.807, 2.05) is 0 Å². The summed E-state index contributed by atoms with van der Waals surface area (Å²) in [6, 6.07) is 0. The van der Waals surface area contributed by atoms with Crippen LogP contribution in [0.4, 0.5) is 0 Å². The minimum atomic E-state index is -1.09. The van der Waals surface area contributed by atoms with Gasteiger partial charge in [0.1, 0.15) is 0 Å². The molecule has 84 valence electrons. The fourth-order valence-corrected chi connectivity index (χ4v) is 4.52. The van der Waals surface area contributed by atoms with Crippen molar-refractivity contribution in [3.05, 3.63) is 0 Å². The topological polar surface area (TPSA) is 60.4 Å². The van der Waals surface area contributed by atoms with Crippen molar-refractivity contribution >= 4 is 5.97 Å². The van der Waals surface area contributed by atoms with Crippen LogP contribution >= 0.6 is 0 Å².